The van der Waals surface area contributed by atoms with Gasteiger partial charge in [-0.3, -0.25) is 9.89 Å². The average molecular weight is 260 g/mol. The van der Waals surface area contributed by atoms with Crippen LogP contribution in [0.4, 0.5) is 5.69 Å². The molecule has 1 amide bonds. The second-order valence-electron chi connectivity index (χ2n) is 4.81. The molecule has 0 atom stereocenters. The van der Waals surface area contributed by atoms with Crippen molar-refractivity contribution in [1.29, 1.82) is 0 Å². The molecule has 102 valence electrons. The van der Waals surface area contributed by atoms with Gasteiger partial charge in [0.25, 0.3) is 5.91 Å². The Morgan fingerprint density at radius 3 is 2.95 bits per heavy atom. The van der Waals surface area contributed by atoms with Gasteiger partial charge in [0.2, 0.25) is 0 Å². The van der Waals surface area contributed by atoms with Gasteiger partial charge in [0.1, 0.15) is 0 Å². The number of nitrogen functional groups attached to an aromatic ring is 1. The van der Waals surface area contributed by atoms with Crippen LogP contribution in [0.3, 0.4) is 0 Å². The number of aromatic amines is 1. The molecule has 5 heteroatoms. The first-order valence-electron chi connectivity index (χ1n) is 6.62. The van der Waals surface area contributed by atoms with E-state index in [4.69, 9.17) is 5.73 Å². The van der Waals surface area contributed by atoms with Crippen molar-refractivity contribution in [2.45, 2.75) is 26.2 Å². The number of aromatic nitrogens is 2. The normalized spacial score (nSPS) is 10.8. The Labute approximate surface area is 112 Å². The Bertz CT molecular complexity index is 576. The van der Waals surface area contributed by atoms with Gasteiger partial charge < -0.3 is 10.6 Å². The molecule has 0 spiro atoms. The maximum atomic E-state index is 12.3. The van der Waals surface area contributed by atoms with E-state index in [9.17, 15) is 4.79 Å². The quantitative estimate of drug-likeness (QED) is 0.640. The van der Waals surface area contributed by atoms with E-state index in [0.29, 0.717) is 11.4 Å². The predicted molar refractivity (Wildman–Crippen MR) is 77.0 cm³/mol. The molecule has 5 nitrogen and oxygen atoms in total. The number of rotatable bonds is 5. The van der Waals surface area contributed by atoms with E-state index in [1.807, 2.05) is 13.1 Å². The van der Waals surface area contributed by atoms with Crippen LogP contribution in [0.15, 0.2) is 18.2 Å². The van der Waals surface area contributed by atoms with Gasteiger partial charge in [-0.15, -0.1) is 0 Å². The van der Waals surface area contributed by atoms with Crippen LogP contribution < -0.4 is 5.73 Å². The fraction of sp³-hybridized carbons (Fsp3) is 0.429. The largest absolute Gasteiger partial charge is 0.399 e. The van der Waals surface area contributed by atoms with Crippen molar-refractivity contribution in [3.63, 3.8) is 0 Å². The monoisotopic (exact) mass is 260 g/mol. The zero-order chi connectivity index (χ0) is 13.8. The third-order valence-electron chi connectivity index (χ3n) is 3.23. The standard InChI is InChI=1S/C14H20N4O/c1-3-4-5-8-18(2)14(19)13-11-9-10(15)6-7-12(11)16-17-13/h6-7,9H,3-5,8,15H2,1-2H3,(H,16,17). The van der Waals surface area contributed by atoms with Crippen molar-refractivity contribution in [2.24, 2.45) is 0 Å². The van der Waals surface area contributed by atoms with Crippen molar-refractivity contribution in [1.82, 2.24) is 15.1 Å². The number of hydrogen-bond donors (Lipinski definition) is 2. The Balaban J connectivity index is 2.19. The fourth-order valence-corrected chi connectivity index (χ4v) is 2.08. The van der Waals surface area contributed by atoms with Crippen LogP contribution in [0.2, 0.25) is 0 Å². The molecule has 0 saturated heterocycles. The molecule has 0 bridgehead atoms. The number of carbonyl (C=O) groups is 1. The lowest BCUT2D eigenvalue weighted by atomic mass is 10.1. The van der Waals surface area contributed by atoms with E-state index in [1.54, 1.807) is 17.0 Å². The molecule has 1 aromatic heterocycles. The first-order chi connectivity index (χ1) is 9.13. The van der Waals surface area contributed by atoms with E-state index in [1.165, 1.54) is 0 Å². The second kappa shape index (κ2) is 5.73. The predicted octanol–water partition coefficient (Wildman–Crippen LogP) is 2.41. The van der Waals surface area contributed by atoms with Gasteiger partial charge in [0, 0.05) is 24.7 Å². The minimum absolute atomic E-state index is 0.0621. The summed E-state index contributed by atoms with van der Waals surface area (Å²) in [6.45, 7) is 2.90. The molecule has 0 saturated carbocycles. The van der Waals surface area contributed by atoms with Gasteiger partial charge in [-0.25, -0.2) is 0 Å². The number of hydrogen-bond acceptors (Lipinski definition) is 3. The third-order valence-corrected chi connectivity index (χ3v) is 3.23. The van der Waals surface area contributed by atoms with E-state index in [-0.39, 0.29) is 5.91 Å². The summed E-state index contributed by atoms with van der Waals surface area (Å²) in [7, 11) is 1.81. The number of nitrogens with two attached hydrogens (primary N) is 1. The topological polar surface area (TPSA) is 75.0 Å². The molecule has 2 rings (SSSR count). The summed E-state index contributed by atoms with van der Waals surface area (Å²) in [6.07, 6.45) is 3.29. The summed E-state index contributed by atoms with van der Waals surface area (Å²) in [5.74, 6) is -0.0621. The van der Waals surface area contributed by atoms with E-state index in [0.717, 1.165) is 36.7 Å². The molecule has 0 aliphatic heterocycles. The number of unbranched alkanes of at least 4 members (excludes halogenated alkanes) is 2. The van der Waals surface area contributed by atoms with E-state index in [2.05, 4.69) is 17.1 Å². The Morgan fingerprint density at radius 1 is 1.42 bits per heavy atom. The van der Waals surface area contributed by atoms with Crippen molar-refractivity contribution >= 4 is 22.5 Å². The molecule has 19 heavy (non-hydrogen) atoms. The van der Waals surface area contributed by atoms with Crippen LogP contribution in [-0.2, 0) is 0 Å². The van der Waals surface area contributed by atoms with Crippen LogP contribution >= 0.6 is 0 Å². The van der Waals surface area contributed by atoms with Gasteiger partial charge in [-0.1, -0.05) is 19.8 Å². The Morgan fingerprint density at radius 2 is 2.21 bits per heavy atom. The maximum absolute atomic E-state index is 12.3. The lowest BCUT2D eigenvalue weighted by Crippen LogP contribution is -2.28. The number of fused-ring (bicyclic) bond motifs is 1. The molecule has 0 unspecified atom stereocenters. The maximum Gasteiger partial charge on any atom is 0.274 e. The number of nitrogens with zero attached hydrogens (tertiary/aromatic N) is 2. The first-order valence-corrected chi connectivity index (χ1v) is 6.62. The molecular weight excluding hydrogens is 240 g/mol. The number of H-pyrrole nitrogens is 1. The molecule has 3 N–H and O–H groups in total. The SMILES string of the molecule is CCCCCN(C)C(=O)c1n[nH]c2ccc(N)cc12. The number of amides is 1. The molecule has 0 aliphatic carbocycles. The van der Waals surface area contributed by atoms with Crippen LogP contribution in [0, 0.1) is 0 Å². The summed E-state index contributed by atoms with van der Waals surface area (Å²) in [5, 5.41) is 7.76. The molecule has 0 aliphatic rings. The zero-order valence-electron chi connectivity index (χ0n) is 11.4. The van der Waals surface area contributed by atoms with E-state index >= 15 is 0 Å². The highest BCUT2D eigenvalue weighted by atomic mass is 16.2. The van der Waals surface area contributed by atoms with E-state index < -0.39 is 0 Å². The fourth-order valence-electron chi connectivity index (χ4n) is 2.08. The van der Waals surface area contributed by atoms with Crippen molar-refractivity contribution in [2.75, 3.05) is 19.3 Å². The number of anilines is 1. The summed E-state index contributed by atoms with van der Waals surface area (Å²) in [6, 6.07) is 5.41. The van der Waals surface area contributed by atoms with Crippen LogP contribution in [0.5, 0.6) is 0 Å². The smallest absolute Gasteiger partial charge is 0.274 e. The third kappa shape index (κ3) is 2.86. The molecule has 0 fully saturated rings. The zero-order valence-corrected chi connectivity index (χ0v) is 11.4. The highest BCUT2D eigenvalue weighted by molar-refractivity contribution is 6.05. The summed E-state index contributed by atoms with van der Waals surface area (Å²) >= 11 is 0. The highest BCUT2D eigenvalue weighted by Gasteiger charge is 2.17. The van der Waals surface area contributed by atoms with Crippen molar-refractivity contribution < 1.29 is 4.79 Å². The Hall–Kier alpha value is -2.04. The second-order valence-corrected chi connectivity index (χ2v) is 4.81. The van der Waals surface area contributed by atoms with Gasteiger partial charge in [-0.05, 0) is 24.6 Å². The molecule has 1 aromatic carbocycles. The molecule has 1 heterocycles. The lowest BCUT2D eigenvalue weighted by Gasteiger charge is -2.15. The van der Waals surface area contributed by atoms with Crippen LogP contribution in [0.25, 0.3) is 10.9 Å². The van der Waals surface area contributed by atoms with Gasteiger partial charge in [-0.2, -0.15) is 5.10 Å². The minimum Gasteiger partial charge on any atom is -0.399 e. The van der Waals surface area contributed by atoms with Crippen molar-refractivity contribution in [3.05, 3.63) is 23.9 Å². The lowest BCUT2D eigenvalue weighted by molar-refractivity contribution is 0.0789. The molecular formula is C14H20N4O. The van der Waals surface area contributed by atoms with Gasteiger partial charge >= 0.3 is 0 Å². The minimum atomic E-state index is -0.0621. The Kier molecular flexibility index (Phi) is 4.04. The van der Waals surface area contributed by atoms with Gasteiger partial charge in [0.05, 0.1) is 5.52 Å². The summed E-state index contributed by atoms with van der Waals surface area (Å²) < 4.78 is 0. The van der Waals surface area contributed by atoms with Crippen molar-refractivity contribution in [3.8, 4) is 0 Å². The summed E-state index contributed by atoms with van der Waals surface area (Å²) in [4.78, 5) is 14.0. The first kappa shape index (κ1) is 13.4. The number of carbonyl (C=O) groups excluding carboxylic acids is 1. The average Bonchev–Trinajstić information content (AvgIpc) is 2.80. The molecule has 2 aromatic rings. The van der Waals surface area contributed by atoms with Gasteiger partial charge in [0.15, 0.2) is 5.69 Å². The highest BCUT2D eigenvalue weighted by Crippen LogP contribution is 2.20. The molecule has 0 radical (unpaired) electrons. The van der Waals surface area contributed by atoms with Crippen LogP contribution in [0.1, 0.15) is 36.7 Å². The van der Waals surface area contributed by atoms with Crippen LogP contribution in [-0.4, -0.2) is 34.6 Å². The number of benzene rings is 1. The number of nitrogens with one attached hydrogen (secondary N) is 1. The summed E-state index contributed by atoms with van der Waals surface area (Å²) in [5.41, 5.74) is 7.67.